The maximum atomic E-state index is 4.06. The second kappa shape index (κ2) is 4.51. The fraction of sp³-hybridized carbons (Fsp3) is 0.833. The maximum Gasteiger partial charge on any atom is 0.177 e. The first-order valence-corrected chi connectivity index (χ1v) is 4.87. The molecule has 0 aromatic carbocycles. The Hall–Kier alpha value is -0.300. The van der Waals surface area contributed by atoms with Gasteiger partial charge in [0.05, 0.1) is 0 Å². The van der Waals surface area contributed by atoms with Crippen molar-refractivity contribution >= 4 is 14.9 Å². The first-order chi connectivity index (χ1) is 4.93. The van der Waals surface area contributed by atoms with Crippen LogP contribution in [0.15, 0.2) is 15.2 Å². The molecule has 1 rings (SSSR count). The number of hydrogen-bond acceptors (Lipinski definition) is 3. The Morgan fingerprint density at radius 3 is 3.10 bits per heavy atom. The van der Waals surface area contributed by atoms with Crippen molar-refractivity contribution in [3.63, 3.8) is 0 Å². The molecular formula is C6H12N3P. The van der Waals surface area contributed by atoms with E-state index in [1.807, 2.05) is 0 Å². The van der Waals surface area contributed by atoms with Gasteiger partial charge in [0, 0.05) is 0 Å². The van der Waals surface area contributed by atoms with E-state index in [2.05, 4.69) is 22.1 Å². The van der Waals surface area contributed by atoms with Gasteiger partial charge in [0.25, 0.3) is 0 Å². The third kappa shape index (κ3) is 2.53. The van der Waals surface area contributed by atoms with Crippen molar-refractivity contribution in [2.45, 2.75) is 25.7 Å². The summed E-state index contributed by atoms with van der Waals surface area (Å²) in [4.78, 5) is 4.06. The minimum atomic E-state index is 0.173. The molecule has 3 nitrogen and oxygen atoms in total. The van der Waals surface area contributed by atoms with Gasteiger partial charge < -0.3 is 0 Å². The van der Waals surface area contributed by atoms with Gasteiger partial charge >= 0.3 is 0 Å². The highest BCUT2D eigenvalue weighted by Gasteiger charge is 2.04. The lowest BCUT2D eigenvalue weighted by molar-refractivity contribution is 0.880. The highest BCUT2D eigenvalue weighted by atomic mass is 31.1. The zero-order chi connectivity index (χ0) is 7.23. The summed E-state index contributed by atoms with van der Waals surface area (Å²) in [5.41, 5.74) is 0. The van der Waals surface area contributed by atoms with E-state index in [9.17, 15) is 0 Å². The monoisotopic (exact) mass is 157 g/mol. The molecule has 2 unspecified atom stereocenters. The third-order valence-corrected chi connectivity index (χ3v) is 2.56. The summed E-state index contributed by atoms with van der Waals surface area (Å²) in [5, 5.41) is 7.61. The topological polar surface area (TPSA) is 37.1 Å². The number of azo groups is 1. The zero-order valence-corrected chi connectivity index (χ0v) is 7.12. The molecule has 0 fully saturated rings. The van der Waals surface area contributed by atoms with Gasteiger partial charge in [-0.05, 0) is 12.6 Å². The normalized spacial score (nSPS) is 23.5. The molecule has 0 saturated heterocycles. The van der Waals surface area contributed by atoms with E-state index in [1.165, 1.54) is 19.0 Å². The minimum absolute atomic E-state index is 0.173. The smallest absolute Gasteiger partial charge is 0.177 e. The van der Waals surface area contributed by atoms with Crippen molar-refractivity contribution in [3.8, 4) is 0 Å². The first kappa shape index (κ1) is 7.80. The van der Waals surface area contributed by atoms with Crippen molar-refractivity contribution in [2.75, 3.05) is 6.16 Å². The summed E-state index contributed by atoms with van der Waals surface area (Å²) in [6.45, 7) is 2.20. The Balaban J connectivity index is 2.03. The molecule has 0 radical (unpaired) electrons. The van der Waals surface area contributed by atoms with Gasteiger partial charge in [0.15, 0.2) is 5.91 Å². The molecule has 56 valence electrons. The van der Waals surface area contributed by atoms with Crippen LogP contribution < -0.4 is 0 Å². The summed E-state index contributed by atoms with van der Waals surface area (Å²) in [5.74, 6) is 0.173. The summed E-state index contributed by atoms with van der Waals surface area (Å²) in [7, 11) is 0.834. The van der Waals surface area contributed by atoms with Crippen molar-refractivity contribution in [1.29, 1.82) is 0 Å². The molecule has 0 aromatic rings. The van der Waals surface area contributed by atoms with E-state index >= 15 is 0 Å². The number of nitrogens with zero attached hydrogens (tertiary/aromatic N) is 3. The third-order valence-electron chi connectivity index (χ3n) is 1.29. The molecule has 0 amide bonds. The molecule has 10 heavy (non-hydrogen) atoms. The van der Waals surface area contributed by atoms with E-state index in [0.717, 1.165) is 8.58 Å². The number of unbranched alkanes of at least 4 members (excludes halogenated alkanes) is 1. The summed E-state index contributed by atoms with van der Waals surface area (Å²) < 4.78 is 0. The van der Waals surface area contributed by atoms with Crippen LogP contribution in [0.3, 0.4) is 0 Å². The van der Waals surface area contributed by atoms with E-state index in [0.29, 0.717) is 0 Å². The van der Waals surface area contributed by atoms with Crippen LogP contribution in [0.2, 0.25) is 0 Å². The van der Waals surface area contributed by atoms with Crippen LogP contribution in [0.1, 0.15) is 19.8 Å². The molecule has 0 saturated carbocycles. The lowest BCUT2D eigenvalue weighted by atomic mass is 10.4. The quantitative estimate of drug-likeness (QED) is 0.443. The van der Waals surface area contributed by atoms with Crippen molar-refractivity contribution < 1.29 is 0 Å². The molecule has 0 spiro atoms. The highest BCUT2D eigenvalue weighted by Crippen LogP contribution is 2.24. The van der Waals surface area contributed by atoms with Crippen molar-refractivity contribution in [1.82, 2.24) is 0 Å². The lowest BCUT2D eigenvalue weighted by Gasteiger charge is -1.99. The number of aliphatic imine (C=N–C) groups is 1. The summed E-state index contributed by atoms with van der Waals surface area (Å²) in [6.07, 6.45) is 5.35. The Morgan fingerprint density at radius 1 is 1.60 bits per heavy atom. The molecule has 0 aromatic heterocycles. The van der Waals surface area contributed by atoms with Gasteiger partial charge in [0.2, 0.25) is 0 Å². The Morgan fingerprint density at radius 2 is 2.50 bits per heavy atom. The van der Waals surface area contributed by atoms with E-state index < -0.39 is 0 Å². The SMILES string of the molecule is CCCCPC1N=CN=N1. The molecule has 1 aliphatic rings. The van der Waals surface area contributed by atoms with E-state index in [4.69, 9.17) is 0 Å². The average Bonchev–Trinajstić information content (AvgIpc) is 2.41. The molecule has 4 heteroatoms. The van der Waals surface area contributed by atoms with Crippen LogP contribution in [-0.2, 0) is 0 Å². The van der Waals surface area contributed by atoms with Crippen LogP contribution in [0.25, 0.3) is 0 Å². The lowest BCUT2D eigenvalue weighted by Crippen LogP contribution is -1.87. The Labute approximate surface area is 62.8 Å². The molecule has 2 atom stereocenters. The fourth-order valence-electron chi connectivity index (χ4n) is 0.717. The van der Waals surface area contributed by atoms with E-state index in [1.54, 1.807) is 6.34 Å². The maximum absolute atomic E-state index is 4.06. The van der Waals surface area contributed by atoms with Gasteiger partial charge in [-0.25, -0.2) is 4.99 Å². The van der Waals surface area contributed by atoms with Crippen LogP contribution in [0.4, 0.5) is 0 Å². The van der Waals surface area contributed by atoms with Crippen molar-refractivity contribution in [2.24, 2.45) is 15.2 Å². The second-order valence-corrected chi connectivity index (χ2v) is 3.60. The number of rotatable bonds is 4. The minimum Gasteiger partial charge on any atom is -0.239 e. The van der Waals surface area contributed by atoms with Gasteiger partial charge in [-0.1, -0.05) is 21.9 Å². The molecule has 0 aliphatic carbocycles. The largest absolute Gasteiger partial charge is 0.239 e. The molecule has 1 aliphatic heterocycles. The van der Waals surface area contributed by atoms with Gasteiger partial charge in [-0.2, -0.15) is 5.11 Å². The molecule has 0 bridgehead atoms. The molecule has 0 N–H and O–H groups in total. The predicted molar refractivity (Wildman–Crippen MR) is 45.2 cm³/mol. The predicted octanol–water partition coefficient (Wildman–Crippen LogP) is 2.24. The number of hydrogen-bond donors (Lipinski definition) is 0. The molecule has 1 heterocycles. The fourth-order valence-corrected chi connectivity index (χ4v) is 1.85. The van der Waals surface area contributed by atoms with Crippen LogP contribution >= 0.6 is 8.58 Å². The van der Waals surface area contributed by atoms with Crippen LogP contribution in [0, 0.1) is 0 Å². The van der Waals surface area contributed by atoms with Crippen molar-refractivity contribution in [3.05, 3.63) is 0 Å². The van der Waals surface area contributed by atoms with Gasteiger partial charge in [-0.15, -0.1) is 5.11 Å². The van der Waals surface area contributed by atoms with E-state index in [-0.39, 0.29) is 5.91 Å². The summed E-state index contributed by atoms with van der Waals surface area (Å²) in [6, 6.07) is 0. The highest BCUT2D eigenvalue weighted by molar-refractivity contribution is 7.38. The van der Waals surface area contributed by atoms with Crippen LogP contribution in [-0.4, -0.2) is 18.4 Å². The van der Waals surface area contributed by atoms with Gasteiger partial charge in [0.1, 0.15) is 6.34 Å². The Kier molecular flexibility index (Phi) is 3.52. The molecular weight excluding hydrogens is 145 g/mol. The standard InChI is InChI=1S/C6H12N3P/c1-2-3-4-10-6-7-5-8-9-6/h5-6,10H,2-4H2,1H3. The second-order valence-electron chi connectivity index (χ2n) is 2.18. The average molecular weight is 157 g/mol. The summed E-state index contributed by atoms with van der Waals surface area (Å²) >= 11 is 0. The van der Waals surface area contributed by atoms with Gasteiger partial charge in [-0.3, -0.25) is 0 Å². The van der Waals surface area contributed by atoms with Crippen LogP contribution in [0.5, 0.6) is 0 Å². The first-order valence-electron chi connectivity index (χ1n) is 3.58. The Bertz CT molecular complexity index is 132. The zero-order valence-electron chi connectivity index (χ0n) is 6.12.